The van der Waals surface area contributed by atoms with Crippen molar-refractivity contribution in [2.24, 2.45) is 0 Å². The zero-order valence-electron chi connectivity index (χ0n) is 25.5. The molecule has 2 aromatic carbocycles. The van der Waals surface area contributed by atoms with E-state index in [0.717, 1.165) is 27.7 Å². The maximum absolute atomic E-state index is 13.2. The molecule has 1 saturated heterocycles. The quantitative estimate of drug-likeness (QED) is 0.202. The van der Waals surface area contributed by atoms with Gasteiger partial charge in [-0.25, -0.2) is 15.1 Å². The van der Waals surface area contributed by atoms with Crippen LogP contribution in [0.2, 0.25) is 0 Å². The number of hydroxylamine groups is 1. The molecule has 1 aliphatic rings. The topological polar surface area (TPSA) is 133 Å². The van der Waals surface area contributed by atoms with Crippen LogP contribution in [-0.4, -0.2) is 68.8 Å². The van der Waals surface area contributed by atoms with Crippen molar-refractivity contribution in [3.05, 3.63) is 83.1 Å². The van der Waals surface area contributed by atoms with Gasteiger partial charge in [-0.3, -0.25) is 4.79 Å². The van der Waals surface area contributed by atoms with E-state index in [-0.39, 0.29) is 12.5 Å². The van der Waals surface area contributed by atoms with Gasteiger partial charge in [0, 0.05) is 42.2 Å². The van der Waals surface area contributed by atoms with E-state index in [2.05, 4.69) is 29.5 Å². The number of benzene rings is 2. The van der Waals surface area contributed by atoms with Crippen LogP contribution in [0.15, 0.2) is 60.7 Å². The van der Waals surface area contributed by atoms with Crippen molar-refractivity contribution in [2.45, 2.75) is 90.6 Å². The Morgan fingerprint density at radius 2 is 1.81 bits per heavy atom. The molecule has 4 atom stereocenters. The fourth-order valence-electron chi connectivity index (χ4n) is 5.03. The summed E-state index contributed by atoms with van der Waals surface area (Å²) in [7, 11) is 0. The highest BCUT2D eigenvalue weighted by Crippen LogP contribution is 2.24. The number of H-pyrrole nitrogens is 1. The molecule has 0 radical (unpaired) electrons. The van der Waals surface area contributed by atoms with E-state index >= 15 is 0 Å². The number of aromatic nitrogens is 1. The summed E-state index contributed by atoms with van der Waals surface area (Å²) < 4.78 is 11.1. The van der Waals surface area contributed by atoms with Crippen LogP contribution in [0.25, 0.3) is 10.9 Å². The lowest BCUT2D eigenvalue weighted by Gasteiger charge is -2.34. The zero-order chi connectivity index (χ0) is 31.1. The molecular weight excluding hydrogens is 550 g/mol. The van der Waals surface area contributed by atoms with E-state index in [1.807, 2.05) is 57.2 Å². The summed E-state index contributed by atoms with van der Waals surface area (Å²) in [6, 6.07) is 16.1. The number of aliphatic hydroxyl groups is 2. The van der Waals surface area contributed by atoms with Gasteiger partial charge in [-0.15, -0.1) is 0 Å². The summed E-state index contributed by atoms with van der Waals surface area (Å²) in [5.74, 6) is -0.466. The molecule has 10 nitrogen and oxygen atoms in total. The molecule has 2 heterocycles. The van der Waals surface area contributed by atoms with Crippen molar-refractivity contribution >= 4 is 22.9 Å². The Kier molecular flexibility index (Phi) is 10.6. The average molecular weight is 594 g/mol. The Bertz CT molecular complexity index is 1400. The molecule has 2 amide bonds. The number of nitrogens with zero attached hydrogens (tertiary/aromatic N) is 1. The molecule has 4 N–H and O–H groups in total. The normalized spacial score (nSPS) is 20.8. The molecule has 1 aliphatic heterocycles. The third-order valence-electron chi connectivity index (χ3n) is 7.30. The molecule has 3 aromatic rings. The maximum Gasteiger partial charge on any atom is 0.410 e. The van der Waals surface area contributed by atoms with Crippen LogP contribution in [0.1, 0.15) is 56.5 Å². The lowest BCUT2D eigenvalue weighted by atomic mass is 10.0. The SMILES string of the molecule is Cc1[nH]c2ccccc2c1CCN(Cc1ccc(C/C=C/C(=O)NO[C@H]2C[C@H](O)[C@H](O)[C@H](C)O2)cc1)C(=O)OC(C)(C)C. The number of para-hydroxylation sites is 1. The summed E-state index contributed by atoms with van der Waals surface area (Å²) >= 11 is 0. The van der Waals surface area contributed by atoms with E-state index in [9.17, 15) is 19.8 Å². The van der Waals surface area contributed by atoms with Crippen LogP contribution in [0.3, 0.4) is 0 Å². The summed E-state index contributed by atoms with van der Waals surface area (Å²) in [6.07, 6.45) is 0.563. The number of amides is 2. The summed E-state index contributed by atoms with van der Waals surface area (Å²) in [5, 5.41) is 20.7. The molecule has 43 heavy (non-hydrogen) atoms. The van der Waals surface area contributed by atoms with E-state index < -0.39 is 36.1 Å². The molecule has 1 fully saturated rings. The lowest BCUT2D eigenvalue weighted by molar-refractivity contribution is -0.262. The minimum Gasteiger partial charge on any atom is -0.444 e. The standard InChI is InChI=1S/C33H43N3O7/c1-21-25(26-10-6-7-11-27(26)34-21)17-18-36(32(40)42-33(3,4)5)20-24-15-13-23(14-16-24)9-8-12-29(38)35-43-30-19-28(37)31(39)22(2)41-30/h6-8,10-16,22,28,30-31,34,37,39H,9,17-20H2,1-5H3,(H,35,38)/b12-8+/t22-,28-,30-,31+/m0/s1. The van der Waals surface area contributed by atoms with Gasteiger partial charge < -0.3 is 29.6 Å². The fourth-order valence-corrected chi connectivity index (χ4v) is 5.03. The maximum atomic E-state index is 13.2. The van der Waals surface area contributed by atoms with E-state index in [0.29, 0.717) is 25.9 Å². The summed E-state index contributed by atoms with van der Waals surface area (Å²) in [4.78, 5) is 35.7. The second-order valence-corrected chi connectivity index (χ2v) is 12.0. The Labute approximate surface area is 252 Å². The molecular formula is C33H43N3O7. The van der Waals surface area contributed by atoms with Crippen LogP contribution in [0, 0.1) is 6.92 Å². The van der Waals surface area contributed by atoms with E-state index in [1.165, 1.54) is 11.6 Å². The second-order valence-electron chi connectivity index (χ2n) is 12.0. The number of hydrogen-bond acceptors (Lipinski definition) is 7. The van der Waals surface area contributed by atoms with Gasteiger partial charge in [-0.05, 0) is 70.2 Å². The number of aliphatic hydroxyl groups excluding tert-OH is 2. The number of allylic oxidation sites excluding steroid dienone is 1. The smallest absolute Gasteiger partial charge is 0.410 e. The molecule has 232 valence electrons. The van der Waals surface area contributed by atoms with Gasteiger partial charge in [0.25, 0.3) is 5.91 Å². The first-order valence-corrected chi connectivity index (χ1v) is 14.7. The van der Waals surface area contributed by atoms with Gasteiger partial charge in [-0.2, -0.15) is 0 Å². The molecule has 10 heteroatoms. The largest absolute Gasteiger partial charge is 0.444 e. The minimum atomic E-state index is -0.989. The summed E-state index contributed by atoms with van der Waals surface area (Å²) in [6.45, 7) is 10.2. The van der Waals surface area contributed by atoms with Crippen molar-refractivity contribution in [3.8, 4) is 0 Å². The molecule has 0 saturated carbocycles. The van der Waals surface area contributed by atoms with Crippen molar-refractivity contribution in [1.29, 1.82) is 0 Å². The predicted molar refractivity (Wildman–Crippen MR) is 163 cm³/mol. The van der Waals surface area contributed by atoms with Crippen molar-refractivity contribution < 1.29 is 34.1 Å². The minimum absolute atomic E-state index is 0.0515. The van der Waals surface area contributed by atoms with Crippen LogP contribution in [-0.2, 0) is 38.5 Å². The van der Waals surface area contributed by atoms with Crippen molar-refractivity contribution in [1.82, 2.24) is 15.4 Å². The van der Waals surface area contributed by atoms with Gasteiger partial charge in [0.05, 0.1) is 12.2 Å². The lowest BCUT2D eigenvalue weighted by Crippen LogP contribution is -2.49. The van der Waals surface area contributed by atoms with Gasteiger partial charge in [0.1, 0.15) is 11.7 Å². The van der Waals surface area contributed by atoms with Gasteiger partial charge in [-0.1, -0.05) is 48.5 Å². The second kappa shape index (κ2) is 14.2. The van der Waals surface area contributed by atoms with Crippen LogP contribution in [0.4, 0.5) is 4.79 Å². The number of carbonyl (C=O) groups is 2. The highest BCUT2D eigenvalue weighted by molar-refractivity contribution is 5.86. The third kappa shape index (κ3) is 9.14. The number of aromatic amines is 1. The first-order chi connectivity index (χ1) is 20.4. The molecule has 0 bridgehead atoms. The van der Waals surface area contributed by atoms with Crippen LogP contribution < -0.4 is 5.48 Å². The first-order valence-electron chi connectivity index (χ1n) is 14.7. The highest BCUT2D eigenvalue weighted by Gasteiger charge is 2.35. The summed E-state index contributed by atoms with van der Waals surface area (Å²) in [5.41, 5.74) is 7.02. The Morgan fingerprint density at radius 3 is 2.51 bits per heavy atom. The number of rotatable bonds is 10. The molecule has 1 aromatic heterocycles. The van der Waals surface area contributed by atoms with Gasteiger partial charge >= 0.3 is 6.09 Å². The van der Waals surface area contributed by atoms with Crippen LogP contribution >= 0.6 is 0 Å². The Morgan fingerprint density at radius 1 is 1.12 bits per heavy atom. The fraction of sp³-hybridized carbons (Fsp3) is 0.455. The highest BCUT2D eigenvalue weighted by atomic mass is 16.8. The Hall–Kier alpha value is -3.70. The molecule has 4 rings (SSSR count). The van der Waals surface area contributed by atoms with E-state index in [4.69, 9.17) is 14.3 Å². The first kappa shape index (κ1) is 32.2. The number of nitrogens with one attached hydrogen (secondary N) is 2. The number of aryl methyl sites for hydroxylation is 1. The van der Waals surface area contributed by atoms with Gasteiger partial charge in [0.2, 0.25) is 0 Å². The van der Waals surface area contributed by atoms with E-state index in [1.54, 1.807) is 17.9 Å². The molecule has 0 unspecified atom stereocenters. The van der Waals surface area contributed by atoms with Crippen LogP contribution in [0.5, 0.6) is 0 Å². The number of ether oxygens (including phenoxy) is 2. The monoisotopic (exact) mass is 593 g/mol. The average Bonchev–Trinajstić information content (AvgIpc) is 3.27. The van der Waals surface area contributed by atoms with Gasteiger partial charge in [0.15, 0.2) is 6.29 Å². The van der Waals surface area contributed by atoms with Crippen molar-refractivity contribution in [2.75, 3.05) is 6.54 Å². The number of hydrogen-bond donors (Lipinski definition) is 4. The zero-order valence-corrected chi connectivity index (χ0v) is 25.5. The molecule has 0 spiro atoms. The third-order valence-corrected chi connectivity index (χ3v) is 7.30. The predicted octanol–water partition coefficient (Wildman–Crippen LogP) is 4.46. The number of carbonyl (C=O) groups excluding carboxylic acids is 2. The van der Waals surface area contributed by atoms with Crippen molar-refractivity contribution in [3.63, 3.8) is 0 Å². The number of fused-ring (bicyclic) bond motifs is 1. The molecule has 0 aliphatic carbocycles. The Balaban J connectivity index is 1.32.